The molecule has 11 aromatic rings. The van der Waals surface area contributed by atoms with E-state index in [1.807, 2.05) is 0 Å². The van der Waals surface area contributed by atoms with Crippen molar-refractivity contribution in [1.29, 1.82) is 0 Å². The van der Waals surface area contributed by atoms with E-state index >= 15 is 0 Å². The smallest absolute Gasteiger partial charge is 0.0714 e. The third kappa shape index (κ3) is 5.56. The van der Waals surface area contributed by atoms with Crippen LogP contribution >= 0.6 is 0 Å². The lowest BCUT2D eigenvalue weighted by Crippen LogP contribution is -2.28. The van der Waals surface area contributed by atoms with E-state index in [-0.39, 0.29) is 0 Å². The van der Waals surface area contributed by atoms with Crippen LogP contribution in [0.5, 0.6) is 0 Å². The van der Waals surface area contributed by atoms with E-state index in [4.69, 9.17) is 0 Å². The average Bonchev–Trinajstić information content (AvgIpc) is 3.66. The van der Waals surface area contributed by atoms with Crippen molar-refractivity contribution in [2.75, 3.05) is 4.90 Å². The third-order valence-corrected chi connectivity index (χ3v) is 13.1. The molecular weight excluding hydrogens is 747 g/mol. The van der Waals surface area contributed by atoms with Gasteiger partial charge in [-0.2, -0.15) is 0 Å². The molecule has 0 aromatic heterocycles. The Labute approximate surface area is 362 Å². The highest BCUT2D eigenvalue weighted by molar-refractivity contribution is 6.15. The molecule has 0 N–H and O–H groups in total. The van der Waals surface area contributed by atoms with E-state index in [1.54, 1.807) is 0 Å². The zero-order chi connectivity index (χ0) is 41.0. The monoisotopic (exact) mass is 787 g/mol. The summed E-state index contributed by atoms with van der Waals surface area (Å²) in [7, 11) is 0. The summed E-state index contributed by atoms with van der Waals surface area (Å²) in [5.41, 5.74) is 15.3. The fourth-order valence-electron chi connectivity index (χ4n) is 10.4. The first-order valence-electron chi connectivity index (χ1n) is 21.5. The summed E-state index contributed by atoms with van der Waals surface area (Å²) in [6, 6.07) is 91.7. The van der Waals surface area contributed by atoms with Gasteiger partial charge in [-0.25, -0.2) is 0 Å². The SMILES string of the molecule is c1ccc(C2(c3ccccc3)c3ccccc3-c3c(N(c4ccc(-c5cccc(-c6cccc7ccccc67)c5)cc4)c4cc5ccccc5c5ccccc45)cccc32)cc1. The Morgan fingerprint density at radius 1 is 0.290 bits per heavy atom. The number of fused-ring (bicyclic) bond motifs is 7. The Hall–Kier alpha value is -8.00. The summed E-state index contributed by atoms with van der Waals surface area (Å²) in [5.74, 6) is 0. The second-order valence-electron chi connectivity index (χ2n) is 16.4. The summed E-state index contributed by atoms with van der Waals surface area (Å²) in [6.07, 6.45) is 0. The van der Waals surface area contributed by atoms with Crippen LogP contribution in [0, 0.1) is 0 Å². The molecule has 0 atom stereocenters. The van der Waals surface area contributed by atoms with Crippen molar-refractivity contribution in [3.8, 4) is 33.4 Å². The van der Waals surface area contributed by atoms with Crippen molar-refractivity contribution in [3.63, 3.8) is 0 Å². The Bertz CT molecular complexity index is 3410. The quantitative estimate of drug-likeness (QED) is 0.145. The Morgan fingerprint density at radius 3 is 1.61 bits per heavy atom. The van der Waals surface area contributed by atoms with Gasteiger partial charge in [-0.05, 0) is 107 Å². The molecule has 1 aliphatic rings. The van der Waals surface area contributed by atoms with Gasteiger partial charge in [-0.15, -0.1) is 0 Å². The molecule has 0 fully saturated rings. The third-order valence-electron chi connectivity index (χ3n) is 13.1. The topological polar surface area (TPSA) is 3.24 Å². The van der Waals surface area contributed by atoms with Gasteiger partial charge in [0.1, 0.15) is 0 Å². The molecule has 0 unspecified atom stereocenters. The van der Waals surface area contributed by atoms with Crippen LogP contribution in [0.2, 0.25) is 0 Å². The molecule has 290 valence electrons. The lowest BCUT2D eigenvalue weighted by atomic mass is 9.68. The van der Waals surface area contributed by atoms with Gasteiger partial charge in [-0.3, -0.25) is 0 Å². The predicted octanol–water partition coefficient (Wildman–Crippen LogP) is 16.3. The second-order valence-corrected chi connectivity index (χ2v) is 16.4. The molecule has 0 saturated heterocycles. The van der Waals surface area contributed by atoms with Gasteiger partial charge in [0.05, 0.1) is 16.8 Å². The van der Waals surface area contributed by atoms with E-state index in [2.05, 4.69) is 254 Å². The van der Waals surface area contributed by atoms with Crippen LogP contribution in [0.4, 0.5) is 17.1 Å². The number of hydrogen-bond donors (Lipinski definition) is 0. The highest BCUT2D eigenvalue weighted by Crippen LogP contribution is 2.60. The largest absolute Gasteiger partial charge is 0.309 e. The van der Waals surface area contributed by atoms with Crippen LogP contribution in [-0.2, 0) is 5.41 Å². The van der Waals surface area contributed by atoms with Gasteiger partial charge < -0.3 is 4.90 Å². The molecule has 12 rings (SSSR count). The fraction of sp³-hybridized carbons (Fsp3) is 0.0164. The number of nitrogens with zero attached hydrogens (tertiary/aromatic N) is 1. The molecule has 0 heterocycles. The maximum Gasteiger partial charge on any atom is 0.0714 e. The van der Waals surface area contributed by atoms with Crippen LogP contribution in [-0.4, -0.2) is 0 Å². The summed E-state index contributed by atoms with van der Waals surface area (Å²) in [4.78, 5) is 2.52. The molecular formula is C61H41N. The van der Waals surface area contributed by atoms with Gasteiger partial charge in [0, 0.05) is 16.6 Å². The molecule has 0 amide bonds. The fourth-order valence-corrected chi connectivity index (χ4v) is 10.4. The first-order chi connectivity index (χ1) is 30.8. The van der Waals surface area contributed by atoms with Crippen molar-refractivity contribution in [1.82, 2.24) is 0 Å². The van der Waals surface area contributed by atoms with Gasteiger partial charge in [0.2, 0.25) is 0 Å². The Balaban J connectivity index is 1.10. The number of rotatable bonds is 7. The Morgan fingerprint density at radius 2 is 0.839 bits per heavy atom. The minimum absolute atomic E-state index is 0.513. The summed E-state index contributed by atoms with van der Waals surface area (Å²) < 4.78 is 0. The van der Waals surface area contributed by atoms with E-state index in [1.165, 1.54) is 88.0 Å². The standard InChI is InChI=1S/C61H41N/c1-3-23-47(24-4-1)61(48-25-5-2-6-26-48)56-33-14-13-31-55(56)60-57(61)34-17-35-58(60)62(59-41-46-19-8-10-28-52(46)53-29-11-12-30-54(53)59)49-38-36-42(37-39-49)44-21-15-22-45(40-44)51-32-16-20-43-18-7-9-27-50(43)51/h1-41H. The molecule has 1 nitrogen and oxygen atoms in total. The lowest BCUT2D eigenvalue weighted by molar-refractivity contribution is 0.768. The van der Waals surface area contributed by atoms with Gasteiger partial charge in [0.25, 0.3) is 0 Å². The van der Waals surface area contributed by atoms with Crippen molar-refractivity contribution in [3.05, 3.63) is 271 Å². The maximum absolute atomic E-state index is 2.52. The van der Waals surface area contributed by atoms with Gasteiger partial charge in [0.15, 0.2) is 0 Å². The van der Waals surface area contributed by atoms with Crippen molar-refractivity contribution in [2.24, 2.45) is 0 Å². The average molecular weight is 788 g/mol. The van der Waals surface area contributed by atoms with Crippen LogP contribution in [0.3, 0.4) is 0 Å². The molecule has 62 heavy (non-hydrogen) atoms. The molecule has 0 spiro atoms. The minimum Gasteiger partial charge on any atom is -0.309 e. The van der Waals surface area contributed by atoms with Crippen LogP contribution in [0.15, 0.2) is 249 Å². The molecule has 1 heteroatoms. The molecule has 0 aliphatic heterocycles. The molecule has 11 aromatic carbocycles. The first-order valence-corrected chi connectivity index (χ1v) is 21.5. The number of anilines is 3. The molecule has 0 bridgehead atoms. The van der Waals surface area contributed by atoms with Crippen molar-refractivity contribution >= 4 is 49.4 Å². The molecule has 1 aliphatic carbocycles. The van der Waals surface area contributed by atoms with Crippen molar-refractivity contribution < 1.29 is 0 Å². The van der Waals surface area contributed by atoms with Gasteiger partial charge in [-0.1, -0.05) is 218 Å². The minimum atomic E-state index is -0.513. The maximum atomic E-state index is 2.52. The lowest BCUT2D eigenvalue weighted by Gasteiger charge is -2.34. The summed E-state index contributed by atoms with van der Waals surface area (Å²) in [5, 5.41) is 7.43. The van der Waals surface area contributed by atoms with Gasteiger partial charge >= 0.3 is 0 Å². The van der Waals surface area contributed by atoms with Crippen LogP contribution < -0.4 is 4.90 Å². The normalized spacial score (nSPS) is 12.6. The number of benzene rings is 11. The highest BCUT2D eigenvalue weighted by Gasteiger charge is 2.47. The van der Waals surface area contributed by atoms with E-state index in [0.717, 1.165) is 17.1 Å². The first kappa shape index (κ1) is 35.9. The molecule has 0 saturated carbocycles. The highest BCUT2D eigenvalue weighted by atomic mass is 15.1. The van der Waals surface area contributed by atoms with E-state index < -0.39 is 5.41 Å². The molecule has 0 radical (unpaired) electrons. The predicted molar refractivity (Wildman–Crippen MR) is 262 cm³/mol. The Kier molecular flexibility index (Phi) is 8.47. The second kappa shape index (κ2) is 14.6. The van der Waals surface area contributed by atoms with Crippen LogP contribution in [0.1, 0.15) is 22.3 Å². The van der Waals surface area contributed by atoms with E-state index in [9.17, 15) is 0 Å². The summed E-state index contributed by atoms with van der Waals surface area (Å²) >= 11 is 0. The van der Waals surface area contributed by atoms with Crippen molar-refractivity contribution in [2.45, 2.75) is 5.41 Å². The zero-order valence-electron chi connectivity index (χ0n) is 34.1. The van der Waals surface area contributed by atoms with Crippen LogP contribution in [0.25, 0.3) is 65.7 Å². The van der Waals surface area contributed by atoms with E-state index in [0.29, 0.717) is 0 Å². The zero-order valence-corrected chi connectivity index (χ0v) is 34.1. The number of hydrogen-bond acceptors (Lipinski definition) is 1. The summed E-state index contributed by atoms with van der Waals surface area (Å²) in [6.45, 7) is 0.